The van der Waals surface area contributed by atoms with Gasteiger partial charge in [-0.1, -0.05) is 39.8 Å². The number of hydrogen-bond acceptors (Lipinski definition) is 24. The number of thiazole rings is 4. The number of unbranched alkanes of at least 4 members (excludes halogenated alkanes) is 4. The number of thiophene rings is 4. The Labute approximate surface area is 783 Å². The van der Waals surface area contributed by atoms with E-state index in [2.05, 4.69) is 52.3 Å². The third kappa shape index (κ3) is 25.5. The van der Waals surface area contributed by atoms with E-state index in [0.717, 1.165) is 153 Å². The van der Waals surface area contributed by atoms with E-state index in [-0.39, 0.29) is 59.4 Å². The van der Waals surface area contributed by atoms with Crippen molar-refractivity contribution in [1.82, 2.24) is 29.7 Å². The van der Waals surface area contributed by atoms with Crippen molar-refractivity contribution in [2.75, 3.05) is 64.9 Å². The molecule has 0 radical (unpaired) electrons. The molecule has 4 aliphatic rings. The Kier molecular flexibility index (Phi) is 34.6. The third-order valence-corrected chi connectivity index (χ3v) is 31.5. The number of hydrogen-bond donors (Lipinski definition) is 3. The number of rotatable bonds is 26. The molecule has 4 aromatic carbocycles. The Morgan fingerprint density at radius 3 is 1.36 bits per heavy atom. The number of nitrogens with two attached hydrogens (primary N) is 1. The van der Waals surface area contributed by atoms with Gasteiger partial charge in [0.2, 0.25) is 11.8 Å². The van der Waals surface area contributed by atoms with Gasteiger partial charge in [0.05, 0.1) is 60.1 Å². The zero-order valence-electron chi connectivity index (χ0n) is 75.3. The lowest BCUT2D eigenvalue weighted by Crippen LogP contribution is -2.44. The fourth-order valence-corrected chi connectivity index (χ4v) is 25.7. The zero-order valence-corrected chi connectivity index (χ0v) is 81.8. The molecule has 2 aliphatic heterocycles. The molecular weight excluding hydrogens is 1800 g/mol. The van der Waals surface area contributed by atoms with E-state index in [0.29, 0.717) is 130 Å². The number of aryl methyl sites for hydroxylation is 1. The smallest absolute Gasteiger partial charge is 0.410 e. The van der Waals surface area contributed by atoms with Crippen LogP contribution in [0.2, 0.25) is 0 Å². The summed E-state index contributed by atoms with van der Waals surface area (Å²) in [5, 5.41) is 10.4. The average molecular weight is 1910 g/mol. The predicted octanol–water partition coefficient (Wildman–Crippen LogP) is 25.2. The summed E-state index contributed by atoms with van der Waals surface area (Å²) in [5.74, 6) is -0.0909. The van der Waals surface area contributed by atoms with Gasteiger partial charge in [-0.2, -0.15) is 0 Å². The van der Waals surface area contributed by atoms with Crippen LogP contribution in [-0.2, 0) is 94.4 Å². The Morgan fingerprint density at radius 2 is 0.915 bits per heavy atom. The van der Waals surface area contributed by atoms with E-state index < -0.39 is 11.2 Å². The van der Waals surface area contributed by atoms with Gasteiger partial charge < -0.3 is 49.9 Å². The molecule has 129 heavy (non-hydrogen) atoms. The number of carbonyl (C=O) groups is 6. The van der Waals surface area contributed by atoms with Crippen LogP contribution in [0.3, 0.4) is 0 Å². The second-order valence-corrected chi connectivity index (χ2v) is 43.1. The molecule has 688 valence electrons. The molecule has 16 rings (SSSR count). The van der Waals surface area contributed by atoms with E-state index >= 15 is 0 Å². The summed E-state index contributed by atoms with van der Waals surface area (Å²) in [6.45, 7) is 30.3. The largest absolute Gasteiger partial charge is 0.444 e. The summed E-state index contributed by atoms with van der Waals surface area (Å²) < 4.78 is 84.3. The van der Waals surface area contributed by atoms with Crippen molar-refractivity contribution in [3.05, 3.63) is 173 Å². The molecule has 2 aliphatic carbocycles. The quantitative estimate of drug-likeness (QED) is 0.0259. The lowest BCUT2D eigenvalue weighted by molar-refractivity contribution is -0.119. The molecule has 0 bridgehead atoms. The zero-order chi connectivity index (χ0) is 92.7. The van der Waals surface area contributed by atoms with Crippen LogP contribution in [0.5, 0.6) is 0 Å². The van der Waals surface area contributed by atoms with E-state index in [4.69, 9.17) is 34.6 Å². The number of fused-ring (bicyclic) bond motifs is 8. The number of amides is 4. The molecule has 0 spiro atoms. The number of halogens is 4. The molecule has 12 aromatic rings. The topological polar surface area (TPSA) is 257 Å². The molecule has 32 heteroatoms. The van der Waals surface area contributed by atoms with Crippen LogP contribution in [0.25, 0.3) is 83.2 Å². The summed E-state index contributed by atoms with van der Waals surface area (Å²) in [6.07, 6.45) is 17.7. The van der Waals surface area contributed by atoms with Crippen molar-refractivity contribution in [3.63, 3.8) is 0 Å². The van der Waals surface area contributed by atoms with Gasteiger partial charge in [-0.05, 0) is 227 Å². The Hall–Kier alpha value is -8.90. The van der Waals surface area contributed by atoms with Crippen molar-refractivity contribution in [1.29, 1.82) is 0 Å². The van der Waals surface area contributed by atoms with Crippen LogP contribution < -0.4 is 16.4 Å². The van der Waals surface area contributed by atoms with E-state index in [1.165, 1.54) is 146 Å². The van der Waals surface area contributed by atoms with Gasteiger partial charge in [-0.3, -0.25) is 19.2 Å². The molecule has 20 nitrogen and oxygen atoms in total. The number of Topliss-reactive ketones (excluding diaryl/α,β-unsaturated/α-hetero) is 2. The highest BCUT2D eigenvalue weighted by molar-refractivity contribution is 7.24. The maximum absolute atomic E-state index is 13.7. The number of methoxy groups -OCH3 is 3. The maximum Gasteiger partial charge on any atom is 0.410 e. The molecular formula is C97H113F4N9O11S8. The highest BCUT2D eigenvalue weighted by Crippen LogP contribution is 2.53. The van der Waals surface area contributed by atoms with Crippen molar-refractivity contribution in [2.45, 2.75) is 221 Å². The average Bonchev–Trinajstić information content (AvgIpc) is 1.60. The first-order valence-electron chi connectivity index (χ1n) is 43.6. The predicted molar refractivity (Wildman–Crippen MR) is 521 cm³/mol. The van der Waals surface area contributed by atoms with Gasteiger partial charge in [0, 0.05) is 155 Å². The summed E-state index contributed by atoms with van der Waals surface area (Å²) in [7, 11) is 5.05. The minimum Gasteiger partial charge on any atom is -0.444 e. The van der Waals surface area contributed by atoms with Crippen LogP contribution >= 0.6 is 90.7 Å². The first-order chi connectivity index (χ1) is 61.6. The van der Waals surface area contributed by atoms with Crippen molar-refractivity contribution < 1.29 is 70.0 Å². The minimum absolute atomic E-state index is 0.0968. The molecule has 4 N–H and O–H groups in total. The van der Waals surface area contributed by atoms with Crippen LogP contribution in [0.4, 0.5) is 37.2 Å². The second kappa shape index (κ2) is 45.0. The van der Waals surface area contributed by atoms with Gasteiger partial charge in [0.15, 0.2) is 0 Å². The number of aromatic nitrogens is 4. The number of anilines is 2. The number of ketones is 2. The Bertz CT molecular complexity index is 6000. The SMILES string of the molecule is C=CC(=O)Nc1sc2c(c1-c1nc3cc(F)ccc3s1)CC(C)N(C(=O)OC(C)(C)C)C2.C=CC(=O)Nc1sc2c(c1-c1nc3cc(F)ccc3s1)CCN(C(=O)OC(C)(C)C)C2C.COCCCCCC(=O)Cc1sc2c(c1-c1nc3cc(F)ccc3s1)CC(C)CC2.COCCCCCC(=O)Cc1sc2c(c1-c1nc3cc(F)ccc3s1)CCCC2C.COCCN. The normalized spacial score (nSPS) is 15.8. The number of carbonyl (C=O) groups excluding carboxylic acids is 6. The van der Waals surface area contributed by atoms with Gasteiger partial charge in [0.1, 0.15) is 76.1 Å². The minimum atomic E-state index is -0.586. The first kappa shape index (κ1) is 99.1. The van der Waals surface area contributed by atoms with E-state index in [1.807, 2.05) is 55.4 Å². The lowest BCUT2D eigenvalue weighted by atomic mass is 9.87. The summed E-state index contributed by atoms with van der Waals surface area (Å²) in [4.78, 5) is 105. The van der Waals surface area contributed by atoms with Crippen LogP contribution in [0, 0.1) is 29.2 Å². The number of nitrogens with one attached hydrogen (secondary N) is 2. The maximum atomic E-state index is 13.7. The van der Waals surface area contributed by atoms with E-state index in [1.54, 1.807) is 101 Å². The summed E-state index contributed by atoms with van der Waals surface area (Å²) in [6, 6.07) is 18.3. The van der Waals surface area contributed by atoms with Gasteiger partial charge in [-0.15, -0.1) is 90.7 Å². The Morgan fingerprint density at radius 1 is 0.488 bits per heavy atom. The highest BCUT2D eigenvalue weighted by atomic mass is 32.1. The van der Waals surface area contributed by atoms with Gasteiger partial charge in [-0.25, -0.2) is 47.1 Å². The number of nitrogens with zero attached hydrogens (tertiary/aromatic N) is 6. The molecule has 10 heterocycles. The number of benzene rings is 4. The molecule has 0 saturated carbocycles. The first-order valence-corrected chi connectivity index (χ1v) is 50.1. The van der Waals surface area contributed by atoms with Crippen LogP contribution in [0.1, 0.15) is 203 Å². The standard InChI is InChI=1S/2C24H28FNO2S2.2C23H24FN3O3S2.C3H9NO/c1-15-7-6-9-18-22(24-26-19-13-16(25)10-11-20(19)30-24)21(29-23(15)18)14-17(27)8-4-3-5-12-28-2;1-15-7-9-20-18(12-15)23(24-26-19-13-16(25)8-10-21(19)30-24)22(29-20)14-17(27)6-4-3-5-11-28-2;1-6-18(28)26-21-19(20-25-15-10-13(24)7-8-16(15)31-20)14-9-12(2)27(11-17(14)32-21)22(29)30-23(3,4)5;1-6-17(28)26-21-18(20-25-15-11-13(24)7-8-16(15)31-20)14-9-10-27(12(2)19(14)32-21)22(29)30-23(3,4)5;1-5-3-2-4/h10-11,13,15H,3-9,12,14H2,1-2H3;8,10,13,15H,3-7,9,11-12,14H2,1-2H3;6-8,10,12H,1,9,11H2,2-5H3,(H,26,28);6-8,11-12H,1,9-10H2,2-5H3,(H,26,28);2-4H2,1H3. The highest BCUT2D eigenvalue weighted by Gasteiger charge is 2.39. The number of ether oxygens (including phenoxy) is 5. The fraction of sp³-hybridized carbons (Fsp3) is 0.443. The fourth-order valence-electron chi connectivity index (χ4n) is 15.9. The van der Waals surface area contributed by atoms with Crippen LogP contribution in [-0.4, -0.2) is 137 Å². The molecule has 4 amide bonds. The monoisotopic (exact) mass is 1910 g/mol. The second-order valence-electron chi connectivity index (χ2n) is 34.5. The van der Waals surface area contributed by atoms with Gasteiger partial charge >= 0.3 is 12.2 Å². The van der Waals surface area contributed by atoms with E-state index in [9.17, 15) is 46.3 Å². The Balaban J connectivity index is 0.000000153. The van der Waals surface area contributed by atoms with Crippen molar-refractivity contribution in [3.8, 4) is 42.3 Å². The third-order valence-electron chi connectivity index (χ3n) is 22.1. The molecule has 4 unspecified atom stereocenters. The van der Waals surface area contributed by atoms with Gasteiger partial charge in [0.25, 0.3) is 0 Å². The summed E-state index contributed by atoms with van der Waals surface area (Å²) in [5.41, 5.74) is 15.2. The van der Waals surface area contributed by atoms with Crippen molar-refractivity contribution >= 4 is 177 Å². The molecule has 0 saturated heterocycles. The van der Waals surface area contributed by atoms with Crippen molar-refractivity contribution in [2.24, 2.45) is 11.7 Å². The lowest BCUT2D eigenvalue weighted by Gasteiger charge is -2.35. The molecule has 4 atom stereocenters. The van der Waals surface area contributed by atoms with Crippen LogP contribution in [0.15, 0.2) is 98.1 Å². The summed E-state index contributed by atoms with van der Waals surface area (Å²) >= 11 is 12.6. The molecule has 0 fully saturated rings. The molecule has 8 aromatic heterocycles.